The van der Waals surface area contributed by atoms with Gasteiger partial charge in [-0.1, -0.05) is 46.9 Å². The molecule has 0 amide bonds. The van der Waals surface area contributed by atoms with Crippen molar-refractivity contribution in [1.82, 2.24) is 0 Å². The smallest absolute Gasteiger partial charge is 0.138 e. The van der Waals surface area contributed by atoms with E-state index in [1.54, 1.807) is 12.1 Å². The van der Waals surface area contributed by atoms with Crippen molar-refractivity contribution in [3.05, 3.63) is 62.1 Å². The van der Waals surface area contributed by atoms with Crippen LogP contribution in [0.1, 0.15) is 22.7 Å². The Morgan fingerprint density at radius 1 is 1.00 bits per heavy atom. The van der Waals surface area contributed by atoms with E-state index in [0.29, 0.717) is 20.8 Å². The maximum absolute atomic E-state index is 6.25. The first-order valence-corrected chi connectivity index (χ1v) is 7.12. The summed E-state index contributed by atoms with van der Waals surface area (Å²) in [5.74, 6) is 0.523. The number of rotatable bonds is 3. The predicted molar refractivity (Wildman–Crippen MR) is 85.2 cm³/mol. The molecule has 0 heterocycles. The van der Waals surface area contributed by atoms with Gasteiger partial charge >= 0.3 is 0 Å². The van der Waals surface area contributed by atoms with Crippen molar-refractivity contribution in [2.24, 2.45) is 5.73 Å². The number of methoxy groups -OCH3 is 1. The molecule has 106 valence electrons. The van der Waals surface area contributed by atoms with Crippen molar-refractivity contribution in [2.75, 3.05) is 7.11 Å². The van der Waals surface area contributed by atoms with Crippen molar-refractivity contribution in [3.8, 4) is 5.75 Å². The zero-order chi connectivity index (χ0) is 14.9. The maximum Gasteiger partial charge on any atom is 0.138 e. The molecule has 2 rings (SSSR count). The van der Waals surface area contributed by atoms with Crippen molar-refractivity contribution < 1.29 is 4.74 Å². The molecule has 0 saturated carbocycles. The van der Waals surface area contributed by atoms with Gasteiger partial charge in [0.15, 0.2) is 0 Å². The highest BCUT2D eigenvalue weighted by Gasteiger charge is 2.16. The van der Waals surface area contributed by atoms with Crippen LogP contribution in [0.5, 0.6) is 5.75 Å². The minimum absolute atomic E-state index is 0.399. The molecule has 0 aromatic heterocycles. The SMILES string of the molecule is COc1cc(Cl)c(C(N)c2ccc(C)c(Cl)c2)cc1Cl. The Hall–Kier alpha value is -0.930. The Morgan fingerprint density at radius 2 is 1.70 bits per heavy atom. The Kier molecular flexibility index (Phi) is 4.82. The first kappa shape index (κ1) is 15.5. The largest absolute Gasteiger partial charge is 0.495 e. The van der Waals surface area contributed by atoms with Crippen molar-refractivity contribution >= 4 is 34.8 Å². The fourth-order valence-electron chi connectivity index (χ4n) is 1.92. The fraction of sp³-hybridized carbons (Fsp3) is 0.200. The van der Waals surface area contributed by atoms with Gasteiger partial charge < -0.3 is 10.5 Å². The van der Waals surface area contributed by atoms with Crippen LogP contribution in [0.3, 0.4) is 0 Å². The summed E-state index contributed by atoms with van der Waals surface area (Å²) in [7, 11) is 1.54. The van der Waals surface area contributed by atoms with Crippen molar-refractivity contribution in [1.29, 1.82) is 0 Å². The first-order valence-electron chi connectivity index (χ1n) is 5.98. The van der Waals surface area contributed by atoms with Crippen LogP contribution in [0, 0.1) is 6.92 Å². The van der Waals surface area contributed by atoms with E-state index in [4.69, 9.17) is 45.3 Å². The second kappa shape index (κ2) is 6.23. The van der Waals surface area contributed by atoms with E-state index in [2.05, 4.69) is 0 Å². The number of benzene rings is 2. The van der Waals surface area contributed by atoms with Crippen LogP contribution in [-0.4, -0.2) is 7.11 Å². The lowest BCUT2D eigenvalue weighted by Gasteiger charge is -2.17. The van der Waals surface area contributed by atoms with Crippen LogP contribution in [0.25, 0.3) is 0 Å². The molecule has 0 aliphatic rings. The Bertz CT molecular complexity index is 643. The van der Waals surface area contributed by atoms with Gasteiger partial charge in [0.25, 0.3) is 0 Å². The van der Waals surface area contributed by atoms with E-state index in [1.807, 2.05) is 25.1 Å². The second-order valence-corrected chi connectivity index (χ2v) is 5.72. The van der Waals surface area contributed by atoms with Gasteiger partial charge in [-0.05, 0) is 35.7 Å². The Morgan fingerprint density at radius 3 is 2.30 bits per heavy atom. The standard InChI is InChI=1S/C15H14Cl3NO/c1-8-3-4-9(5-11(8)16)15(19)10-6-13(18)14(20-2)7-12(10)17/h3-7,15H,19H2,1-2H3. The molecule has 2 aromatic rings. The molecule has 5 heteroatoms. The molecule has 0 aliphatic carbocycles. The molecular formula is C15H14Cl3NO. The van der Waals surface area contributed by atoms with Gasteiger partial charge in [-0.15, -0.1) is 0 Å². The molecular weight excluding hydrogens is 317 g/mol. The highest BCUT2D eigenvalue weighted by atomic mass is 35.5. The number of ether oxygens (including phenoxy) is 1. The molecule has 0 saturated heterocycles. The van der Waals surface area contributed by atoms with Gasteiger partial charge in [-0.2, -0.15) is 0 Å². The summed E-state index contributed by atoms with van der Waals surface area (Å²) >= 11 is 18.5. The van der Waals surface area contributed by atoms with E-state index < -0.39 is 6.04 Å². The van der Waals surface area contributed by atoms with E-state index in [9.17, 15) is 0 Å². The summed E-state index contributed by atoms with van der Waals surface area (Å²) in [4.78, 5) is 0. The molecule has 2 N–H and O–H groups in total. The van der Waals surface area contributed by atoms with Crippen LogP contribution in [0.4, 0.5) is 0 Å². The molecule has 20 heavy (non-hydrogen) atoms. The van der Waals surface area contributed by atoms with Gasteiger partial charge in [0.1, 0.15) is 5.75 Å². The van der Waals surface area contributed by atoms with Gasteiger partial charge in [0, 0.05) is 16.1 Å². The lowest BCUT2D eigenvalue weighted by atomic mass is 9.98. The number of hydrogen-bond donors (Lipinski definition) is 1. The highest BCUT2D eigenvalue weighted by molar-refractivity contribution is 6.35. The quantitative estimate of drug-likeness (QED) is 0.858. The summed E-state index contributed by atoms with van der Waals surface area (Å²) in [6, 6.07) is 8.69. The average Bonchev–Trinajstić information content (AvgIpc) is 2.43. The lowest BCUT2D eigenvalue weighted by molar-refractivity contribution is 0.415. The number of halogens is 3. The monoisotopic (exact) mass is 329 g/mol. The normalized spacial score (nSPS) is 12.3. The summed E-state index contributed by atoms with van der Waals surface area (Å²) in [5, 5.41) is 1.66. The summed E-state index contributed by atoms with van der Waals surface area (Å²) < 4.78 is 5.12. The van der Waals surface area contributed by atoms with Gasteiger partial charge in [0.2, 0.25) is 0 Å². The molecule has 1 unspecified atom stereocenters. The van der Waals surface area contributed by atoms with E-state index in [-0.39, 0.29) is 0 Å². The van der Waals surface area contributed by atoms with Crippen LogP contribution in [0.15, 0.2) is 30.3 Å². The van der Waals surface area contributed by atoms with Crippen LogP contribution in [-0.2, 0) is 0 Å². The number of nitrogens with two attached hydrogens (primary N) is 1. The summed E-state index contributed by atoms with van der Waals surface area (Å²) in [6.07, 6.45) is 0. The molecule has 0 radical (unpaired) electrons. The molecule has 0 bridgehead atoms. The second-order valence-electron chi connectivity index (χ2n) is 4.49. The minimum atomic E-state index is -0.399. The molecule has 2 nitrogen and oxygen atoms in total. The van der Waals surface area contributed by atoms with Crippen molar-refractivity contribution in [3.63, 3.8) is 0 Å². The molecule has 1 atom stereocenters. The highest BCUT2D eigenvalue weighted by Crippen LogP contribution is 2.35. The van der Waals surface area contributed by atoms with E-state index >= 15 is 0 Å². The number of aryl methyl sites for hydroxylation is 1. The van der Waals surface area contributed by atoms with Crippen LogP contribution < -0.4 is 10.5 Å². The van der Waals surface area contributed by atoms with Gasteiger partial charge in [0.05, 0.1) is 18.2 Å². The predicted octanol–water partition coefficient (Wildman–Crippen LogP) is 5.01. The third-order valence-electron chi connectivity index (χ3n) is 3.16. The molecule has 0 spiro atoms. The first-order chi connectivity index (χ1) is 9.43. The lowest BCUT2D eigenvalue weighted by Crippen LogP contribution is -2.12. The van der Waals surface area contributed by atoms with Crippen molar-refractivity contribution in [2.45, 2.75) is 13.0 Å². The minimum Gasteiger partial charge on any atom is -0.495 e. The van der Waals surface area contributed by atoms with Gasteiger partial charge in [-0.25, -0.2) is 0 Å². The Balaban J connectivity index is 2.45. The topological polar surface area (TPSA) is 35.2 Å². The summed E-state index contributed by atoms with van der Waals surface area (Å²) in [5.41, 5.74) is 8.87. The molecule has 0 fully saturated rings. The molecule has 0 aliphatic heterocycles. The van der Waals surface area contributed by atoms with E-state index in [0.717, 1.165) is 16.7 Å². The third kappa shape index (κ3) is 3.04. The average molecular weight is 331 g/mol. The van der Waals surface area contributed by atoms with Crippen LogP contribution in [0.2, 0.25) is 15.1 Å². The summed E-state index contributed by atoms with van der Waals surface area (Å²) in [6.45, 7) is 1.94. The number of hydrogen-bond acceptors (Lipinski definition) is 2. The zero-order valence-corrected chi connectivity index (χ0v) is 13.4. The zero-order valence-electron chi connectivity index (χ0n) is 11.1. The van der Waals surface area contributed by atoms with Gasteiger partial charge in [-0.3, -0.25) is 0 Å². The fourth-order valence-corrected chi connectivity index (χ4v) is 2.63. The maximum atomic E-state index is 6.25. The Labute approximate surface area is 133 Å². The van der Waals surface area contributed by atoms with E-state index in [1.165, 1.54) is 7.11 Å². The molecule has 2 aromatic carbocycles. The third-order valence-corrected chi connectivity index (χ3v) is 4.19. The van der Waals surface area contributed by atoms with Crippen LogP contribution >= 0.6 is 34.8 Å².